The molecule has 0 radical (unpaired) electrons. The van der Waals surface area contributed by atoms with Crippen molar-refractivity contribution in [2.24, 2.45) is 0 Å². The summed E-state index contributed by atoms with van der Waals surface area (Å²) < 4.78 is 40.7. The largest absolute Gasteiger partial charge is 0.300 e. The van der Waals surface area contributed by atoms with Gasteiger partial charge < -0.3 is 4.90 Å². The third-order valence-corrected chi connectivity index (χ3v) is 5.81. The molecular weight excluding hydrogens is 323 g/mol. The third kappa shape index (κ3) is 3.92. The van der Waals surface area contributed by atoms with Crippen LogP contribution in [-0.4, -0.2) is 34.0 Å². The van der Waals surface area contributed by atoms with Gasteiger partial charge in [-0.05, 0) is 50.2 Å². The van der Waals surface area contributed by atoms with Crippen LogP contribution in [0.3, 0.4) is 0 Å². The Morgan fingerprint density at radius 1 is 1.32 bits per heavy atom. The Morgan fingerprint density at radius 3 is 2.59 bits per heavy atom. The van der Waals surface area contributed by atoms with E-state index in [0.717, 1.165) is 10.9 Å². The van der Waals surface area contributed by atoms with Crippen molar-refractivity contribution in [3.63, 3.8) is 0 Å². The average molecular weight is 342 g/mol. The molecule has 0 saturated carbocycles. The molecule has 2 rings (SSSR count). The van der Waals surface area contributed by atoms with Crippen LogP contribution in [0.15, 0.2) is 40.6 Å². The highest BCUT2D eigenvalue weighted by Gasteiger charge is 2.21. The number of halogens is 1. The summed E-state index contributed by atoms with van der Waals surface area (Å²) >= 11 is 1.57. The van der Waals surface area contributed by atoms with Gasteiger partial charge in [0.05, 0.1) is 10.9 Å². The van der Waals surface area contributed by atoms with Gasteiger partial charge in [-0.15, -0.1) is 11.3 Å². The lowest BCUT2D eigenvalue weighted by Crippen LogP contribution is -2.34. The van der Waals surface area contributed by atoms with Gasteiger partial charge in [-0.1, -0.05) is 12.1 Å². The number of rotatable bonds is 6. The lowest BCUT2D eigenvalue weighted by molar-refractivity contribution is 0.303. The van der Waals surface area contributed by atoms with Crippen molar-refractivity contribution in [2.45, 2.75) is 17.9 Å². The normalized spacial score (nSPS) is 13.5. The molecule has 0 aliphatic heterocycles. The van der Waals surface area contributed by atoms with Gasteiger partial charge in [0.25, 0.3) is 0 Å². The zero-order chi connectivity index (χ0) is 16.3. The molecule has 0 fully saturated rings. The molecule has 0 saturated heterocycles. The molecule has 0 bridgehead atoms. The van der Waals surface area contributed by atoms with Crippen LogP contribution in [0.4, 0.5) is 4.39 Å². The van der Waals surface area contributed by atoms with Crippen molar-refractivity contribution >= 4 is 21.4 Å². The van der Waals surface area contributed by atoms with E-state index < -0.39 is 15.8 Å². The number of benzene rings is 1. The first-order valence-electron chi connectivity index (χ1n) is 6.77. The highest BCUT2D eigenvalue weighted by Crippen LogP contribution is 2.23. The van der Waals surface area contributed by atoms with E-state index >= 15 is 0 Å². The highest BCUT2D eigenvalue weighted by atomic mass is 32.2. The second-order valence-corrected chi connectivity index (χ2v) is 8.00. The van der Waals surface area contributed by atoms with Crippen LogP contribution in [0.2, 0.25) is 0 Å². The first-order chi connectivity index (χ1) is 10.3. The highest BCUT2D eigenvalue weighted by molar-refractivity contribution is 7.89. The van der Waals surface area contributed by atoms with E-state index in [2.05, 4.69) is 4.72 Å². The minimum absolute atomic E-state index is 0.0562. The average Bonchev–Trinajstić information content (AvgIpc) is 2.95. The van der Waals surface area contributed by atoms with Crippen molar-refractivity contribution in [2.75, 3.05) is 20.6 Å². The van der Waals surface area contributed by atoms with Crippen LogP contribution in [0.1, 0.15) is 16.5 Å². The maximum Gasteiger partial charge on any atom is 0.240 e. The Morgan fingerprint density at radius 2 is 2.05 bits per heavy atom. The van der Waals surface area contributed by atoms with Gasteiger partial charge in [-0.25, -0.2) is 17.5 Å². The standard InChI is InChI=1S/C15H19FN2O2S2/c1-11-6-7-12(9-13(11)16)22(19,20)17-10-14(18(2)3)15-5-4-8-21-15/h4-9,14,17H,10H2,1-3H3/t14-/m1/s1. The van der Waals surface area contributed by atoms with Crippen LogP contribution < -0.4 is 4.72 Å². The Balaban J connectivity index is 2.16. The quantitative estimate of drug-likeness (QED) is 0.878. The minimum atomic E-state index is -3.73. The van der Waals surface area contributed by atoms with E-state index in [0.29, 0.717) is 5.56 Å². The van der Waals surface area contributed by atoms with Crippen LogP contribution >= 0.6 is 11.3 Å². The fourth-order valence-electron chi connectivity index (χ4n) is 2.03. The van der Waals surface area contributed by atoms with Crippen molar-refractivity contribution in [3.8, 4) is 0 Å². The molecule has 0 unspecified atom stereocenters. The van der Waals surface area contributed by atoms with Crippen molar-refractivity contribution < 1.29 is 12.8 Å². The van der Waals surface area contributed by atoms with Gasteiger partial charge in [-0.3, -0.25) is 0 Å². The summed E-state index contributed by atoms with van der Waals surface area (Å²) in [6.45, 7) is 1.82. The second-order valence-electron chi connectivity index (χ2n) is 5.26. The molecule has 2 aromatic rings. The van der Waals surface area contributed by atoms with E-state index in [4.69, 9.17) is 0 Å². The van der Waals surface area contributed by atoms with Gasteiger partial charge in [0.2, 0.25) is 10.0 Å². The van der Waals surface area contributed by atoms with Gasteiger partial charge in [0.1, 0.15) is 5.82 Å². The molecule has 120 valence electrons. The van der Waals surface area contributed by atoms with Gasteiger partial charge >= 0.3 is 0 Å². The molecule has 1 aromatic carbocycles. The van der Waals surface area contributed by atoms with Crippen molar-refractivity contribution in [1.82, 2.24) is 9.62 Å². The molecule has 0 amide bonds. The van der Waals surface area contributed by atoms with Gasteiger partial charge in [0.15, 0.2) is 0 Å². The lowest BCUT2D eigenvalue weighted by Gasteiger charge is -2.23. The number of nitrogens with zero attached hydrogens (tertiary/aromatic N) is 1. The molecule has 7 heteroatoms. The maximum atomic E-state index is 13.6. The summed E-state index contributed by atoms with van der Waals surface area (Å²) in [4.78, 5) is 2.96. The van der Waals surface area contributed by atoms with E-state index in [1.54, 1.807) is 18.3 Å². The maximum absolute atomic E-state index is 13.6. The summed E-state index contributed by atoms with van der Waals surface area (Å²) in [5.41, 5.74) is 0.420. The Bertz CT molecular complexity index is 728. The summed E-state index contributed by atoms with van der Waals surface area (Å²) in [5, 5.41) is 1.95. The summed E-state index contributed by atoms with van der Waals surface area (Å²) in [7, 11) is 0.0549. The summed E-state index contributed by atoms with van der Waals surface area (Å²) in [6.07, 6.45) is 0. The Labute approximate surface area is 134 Å². The number of hydrogen-bond acceptors (Lipinski definition) is 4. The smallest absolute Gasteiger partial charge is 0.240 e. The van der Waals surface area contributed by atoms with Crippen LogP contribution in [0.5, 0.6) is 0 Å². The Hall–Kier alpha value is -1.28. The molecule has 1 N–H and O–H groups in total. The molecular formula is C15H19FN2O2S2. The fourth-order valence-corrected chi connectivity index (χ4v) is 4.00. The number of sulfonamides is 1. The monoisotopic (exact) mass is 342 g/mol. The SMILES string of the molecule is Cc1ccc(S(=O)(=O)NC[C@H](c2cccs2)N(C)C)cc1F. The van der Waals surface area contributed by atoms with Crippen molar-refractivity contribution in [3.05, 3.63) is 52.0 Å². The molecule has 1 atom stereocenters. The molecule has 0 aliphatic carbocycles. The number of hydrogen-bond donors (Lipinski definition) is 1. The van der Waals surface area contributed by atoms with Gasteiger partial charge in [0, 0.05) is 11.4 Å². The zero-order valence-corrected chi connectivity index (χ0v) is 14.3. The third-order valence-electron chi connectivity index (χ3n) is 3.42. The lowest BCUT2D eigenvalue weighted by atomic mass is 10.2. The van der Waals surface area contributed by atoms with Crippen LogP contribution in [0.25, 0.3) is 0 Å². The first kappa shape index (κ1) is 17.1. The first-order valence-corrected chi connectivity index (χ1v) is 9.13. The van der Waals surface area contributed by atoms with Crippen molar-refractivity contribution in [1.29, 1.82) is 0 Å². The van der Waals surface area contributed by atoms with E-state index in [1.165, 1.54) is 12.1 Å². The summed E-state index contributed by atoms with van der Waals surface area (Å²) in [6, 6.07) is 7.76. The minimum Gasteiger partial charge on any atom is -0.300 e. The Kier molecular flexibility index (Phi) is 5.33. The molecule has 1 heterocycles. The predicted octanol–water partition coefficient (Wildman–Crippen LogP) is 2.78. The molecule has 4 nitrogen and oxygen atoms in total. The molecule has 22 heavy (non-hydrogen) atoms. The topological polar surface area (TPSA) is 49.4 Å². The van der Waals surface area contributed by atoms with Crippen LogP contribution in [0, 0.1) is 12.7 Å². The number of nitrogens with one attached hydrogen (secondary N) is 1. The van der Waals surface area contributed by atoms with E-state index in [-0.39, 0.29) is 17.5 Å². The molecule has 0 spiro atoms. The van der Waals surface area contributed by atoms with E-state index in [1.807, 2.05) is 36.5 Å². The summed E-state index contributed by atoms with van der Waals surface area (Å²) in [5.74, 6) is -0.523. The molecule has 0 aliphatic rings. The zero-order valence-electron chi connectivity index (χ0n) is 12.7. The number of thiophene rings is 1. The predicted molar refractivity (Wildman–Crippen MR) is 87.1 cm³/mol. The van der Waals surface area contributed by atoms with Crippen LogP contribution in [-0.2, 0) is 10.0 Å². The van der Waals surface area contributed by atoms with Gasteiger partial charge in [-0.2, -0.15) is 0 Å². The number of aryl methyl sites for hydroxylation is 1. The number of likely N-dealkylation sites (N-methyl/N-ethyl adjacent to an activating group) is 1. The fraction of sp³-hybridized carbons (Fsp3) is 0.333. The second kappa shape index (κ2) is 6.87. The van der Waals surface area contributed by atoms with E-state index in [9.17, 15) is 12.8 Å². The molecule has 1 aromatic heterocycles.